The lowest BCUT2D eigenvalue weighted by atomic mass is 10.1. The molecule has 158 valence electrons. The van der Waals surface area contributed by atoms with Crippen molar-refractivity contribution in [3.05, 3.63) is 69.3 Å². The summed E-state index contributed by atoms with van der Waals surface area (Å²) in [6.07, 6.45) is -0.870. The predicted molar refractivity (Wildman–Crippen MR) is 108 cm³/mol. The van der Waals surface area contributed by atoms with E-state index in [9.17, 15) is 24.5 Å². The summed E-state index contributed by atoms with van der Waals surface area (Å²) < 4.78 is 5.62. The number of rotatable bonds is 7. The van der Waals surface area contributed by atoms with Crippen molar-refractivity contribution < 1.29 is 24.0 Å². The number of non-ortho nitro benzene ring substituents is 1. The number of ether oxygens (including phenoxy) is 1. The molecule has 0 aliphatic heterocycles. The smallest absolute Gasteiger partial charge is 0.279 e. The molecule has 0 unspecified atom stereocenters. The first kappa shape index (κ1) is 22.3. The average Bonchev–Trinajstić information content (AvgIpc) is 2.73. The van der Waals surface area contributed by atoms with Crippen LogP contribution < -0.4 is 20.9 Å². The Bertz CT molecular complexity index is 976. The Balaban J connectivity index is 1.80. The number of nitro benzene ring substituents is 1. The molecule has 3 N–H and O–H groups in total. The van der Waals surface area contributed by atoms with E-state index in [-0.39, 0.29) is 11.3 Å². The van der Waals surface area contributed by atoms with Crippen LogP contribution in [0.25, 0.3) is 0 Å². The molecule has 0 aliphatic carbocycles. The van der Waals surface area contributed by atoms with Gasteiger partial charge < -0.3 is 10.1 Å². The van der Waals surface area contributed by atoms with E-state index in [2.05, 4.69) is 16.2 Å². The zero-order valence-corrected chi connectivity index (χ0v) is 16.7. The highest BCUT2D eigenvalue weighted by molar-refractivity contribution is 5.97. The second-order valence-electron chi connectivity index (χ2n) is 6.49. The molecule has 0 fully saturated rings. The minimum absolute atomic E-state index is 0.0385. The Morgan fingerprint density at radius 2 is 1.80 bits per heavy atom. The van der Waals surface area contributed by atoms with Crippen LogP contribution >= 0.6 is 0 Å². The summed E-state index contributed by atoms with van der Waals surface area (Å²) in [6, 6.07) is 10.6. The number of carbonyl (C=O) groups is 3. The molecule has 10 nitrogen and oxygen atoms in total. The molecule has 2 rings (SSSR count). The summed E-state index contributed by atoms with van der Waals surface area (Å²) in [7, 11) is 0. The van der Waals surface area contributed by atoms with E-state index in [4.69, 9.17) is 4.74 Å². The van der Waals surface area contributed by atoms with Crippen molar-refractivity contribution in [3.8, 4) is 5.75 Å². The zero-order chi connectivity index (χ0) is 22.3. The van der Waals surface area contributed by atoms with Gasteiger partial charge in [0, 0.05) is 17.7 Å². The molecular formula is C20H22N4O6. The summed E-state index contributed by atoms with van der Waals surface area (Å²) in [5, 5.41) is 13.1. The SMILES string of the molecule is Cc1cccc(O[C@@H](C)C(=O)NNC(=O)CNC(=O)c2cccc([N+](=O)[O-])c2)c1C. The molecule has 2 aromatic rings. The van der Waals surface area contributed by atoms with Gasteiger partial charge in [0.05, 0.1) is 11.5 Å². The minimum atomic E-state index is -0.870. The van der Waals surface area contributed by atoms with Gasteiger partial charge in [-0.1, -0.05) is 18.2 Å². The highest BCUT2D eigenvalue weighted by Crippen LogP contribution is 2.21. The first-order valence-corrected chi connectivity index (χ1v) is 9.03. The number of hydrogen-bond acceptors (Lipinski definition) is 6. The predicted octanol–water partition coefficient (Wildman–Crippen LogP) is 1.56. The van der Waals surface area contributed by atoms with Gasteiger partial charge in [-0.3, -0.25) is 35.3 Å². The van der Waals surface area contributed by atoms with Gasteiger partial charge in [-0.2, -0.15) is 0 Å². The van der Waals surface area contributed by atoms with E-state index < -0.39 is 35.3 Å². The van der Waals surface area contributed by atoms with Gasteiger partial charge in [0.15, 0.2) is 6.10 Å². The monoisotopic (exact) mass is 414 g/mol. The number of nitrogens with zero attached hydrogens (tertiary/aromatic N) is 1. The van der Waals surface area contributed by atoms with Crippen molar-refractivity contribution >= 4 is 23.4 Å². The third-order valence-corrected chi connectivity index (χ3v) is 4.28. The van der Waals surface area contributed by atoms with Gasteiger partial charge in [0.25, 0.3) is 23.4 Å². The highest BCUT2D eigenvalue weighted by atomic mass is 16.6. The summed E-state index contributed by atoms with van der Waals surface area (Å²) in [4.78, 5) is 46.1. The Hall–Kier alpha value is -3.95. The van der Waals surface area contributed by atoms with Crippen LogP contribution in [-0.2, 0) is 9.59 Å². The molecular weight excluding hydrogens is 392 g/mol. The molecule has 0 radical (unpaired) electrons. The van der Waals surface area contributed by atoms with E-state index >= 15 is 0 Å². The van der Waals surface area contributed by atoms with Gasteiger partial charge in [-0.15, -0.1) is 0 Å². The molecule has 0 saturated heterocycles. The second-order valence-corrected chi connectivity index (χ2v) is 6.49. The van der Waals surface area contributed by atoms with Crippen molar-refractivity contribution in [3.63, 3.8) is 0 Å². The quantitative estimate of drug-likeness (QED) is 0.464. The molecule has 30 heavy (non-hydrogen) atoms. The van der Waals surface area contributed by atoms with Gasteiger partial charge >= 0.3 is 0 Å². The van der Waals surface area contributed by atoms with Crippen LogP contribution in [0.2, 0.25) is 0 Å². The first-order chi connectivity index (χ1) is 14.2. The van der Waals surface area contributed by atoms with Gasteiger partial charge in [-0.05, 0) is 44.0 Å². The van der Waals surface area contributed by atoms with Crippen molar-refractivity contribution in [2.45, 2.75) is 26.9 Å². The normalized spacial score (nSPS) is 11.2. The summed E-state index contributed by atoms with van der Waals surface area (Å²) in [5.74, 6) is -1.35. The number of nitrogens with one attached hydrogen (secondary N) is 3. The standard InChI is InChI=1S/C20H22N4O6/c1-12-6-4-9-17(13(12)2)30-14(3)19(26)23-22-18(25)11-21-20(27)15-7-5-8-16(10-15)24(28)29/h4-10,14H,11H2,1-3H3,(H,21,27)(H,22,25)(H,23,26)/t14-/m0/s1. The van der Waals surface area contributed by atoms with Gasteiger partial charge in [0.1, 0.15) is 5.75 Å². The molecule has 0 heterocycles. The lowest BCUT2D eigenvalue weighted by molar-refractivity contribution is -0.384. The third kappa shape index (κ3) is 6.03. The largest absolute Gasteiger partial charge is 0.481 e. The molecule has 2 aromatic carbocycles. The Morgan fingerprint density at radius 3 is 2.50 bits per heavy atom. The van der Waals surface area contributed by atoms with Crippen LogP contribution in [0, 0.1) is 24.0 Å². The second kappa shape index (κ2) is 10.0. The lowest BCUT2D eigenvalue weighted by Gasteiger charge is -2.17. The molecule has 0 aliphatic rings. The van der Waals surface area contributed by atoms with Crippen LogP contribution in [0.1, 0.15) is 28.4 Å². The fourth-order valence-corrected chi connectivity index (χ4v) is 2.40. The van der Waals surface area contributed by atoms with Crippen LogP contribution in [0.15, 0.2) is 42.5 Å². The van der Waals surface area contributed by atoms with Crippen LogP contribution in [0.4, 0.5) is 5.69 Å². The molecule has 0 bridgehead atoms. The number of hydrogen-bond donors (Lipinski definition) is 3. The average molecular weight is 414 g/mol. The maximum Gasteiger partial charge on any atom is 0.279 e. The molecule has 0 aromatic heterocycles. The van der Waals surface area contributed by atoms with E-state index in [0.717, 1.165) is 17.2 Å². The summed E-state index contributed by atoms with van der Waals surface area (Å²) >= 11 is 0. The van der Waals surface area contributed by atoms with Crippen molar-refractivity contribution in [2.75, 3.05) is 6.54 Å². The third-order valence-electron chi connectivity index (χ3n) is 4.28. The maximum atomic E-state index is 12.1. The number of benzene rings is 2. The Labute approximate surface area is 172 Å². The fraction of sp³-hybridized carbons (Fsp3) is 0.250. The number of amides is 3. The molecule has 3 amide bonds. The van der Waals surface area contributed by atoms with E-state index in [1.165, 1.54) is 25.1 Å². The lowest BCUT2D eigenvalue weighted by Crippen LogP contribution is -2.50. The van der Waals surface area contributed by atoms with E-state index in [0.29, 0.717) is 5.75 Å². The van der Waals surface area contributed by atoms with Crippen LogP contribution in [0.5, 0.6) is 5.75 Å². The maximum absolute atomic E-state index is 12.1. The van der Waals surface area contributed by atoms with Crippen molar-refractivity contribution in [1.29, 1.82) is 0 Å². The molecule has 1 atom stereocenters. The van der Waals surface area contributed by atoms with Crippen LogP contribution in [-0.4, -0.2) is 35.3 Å². The van der Waals surface area contributed by atoms with Crippen molar-refractivity contribution in [1.82, 2.24) is 16.2 Å². The topological polar surface area (TPSA) is 140 Å². The molecule has 0 saturated carbocycles. The Kier molecular flexibility index (Phi) is 7.45. The first-order valence-electron chi connectivity index (χ1n) is 9.03. The summed E-state index contributed by atoms with van der Waals surface area (Å²) in [5.41, 5.74) is 6.12. The highest BCUT2D eigenvalue weighted by Gasteiger charge is 2.17. The number of hydrazine groups is 1. The van der Waals surface area contributed by atoms with E-state index in [1.54, 1.807) is 6.07 Å². The fourth-order valence-electron chi connectivity index (χ4n) is 2.40. The number of carbonyl (C=O) groups excluding carboxylic acids is 3. The number of nitro groups is 1. The zero-order valence-electron chi connectivity index (χ0n) is 16.7. The van der Waals surface area contributed by atoms with Gasteiger partial charge in [-0.25, -0.2) is 0 Å². The number of aryl methyl sites for hydroxylation is 1. The van der Waals surface area contributed by atoms with Gasteiger partial charge in [0.2, 0.25) is 0 Å². The van der Waals surface area contributed by atoms with E-state index in [1.807, 2.05) is 26.0 Å². The molecule has 10 heteroatoms. The molecule has 0 spiro atoms. The Morgan fingerprint density at radius 1 is 1.10 bits per heavy atom. The summed E-state index contributed by atoms with van der Waals surface area (Å²) in [6.45, 7) is 4.90. The van der Waals surface area contributed by atoms with Crippen molar-refractivity contribution in [2.24, 2.45) is 0 Å². The minimum Gasteiger partial charge on any atom is -0.481 e. The van der Waals surface area contributed by atoms with Crippen LogP contribution in [0.3, 0.4) is 0 Å².